The number of anilines is 1. The minimum absolute atomic E-state index is 0.0277. The minimum atomic E-state index is -0.0277. The highest BCUT2D eigenvalue weighted by molar-refractivity contribution is 7.98. The lowest BCUT2D eigenvalue weighted by atomic mass is 10.2. The normalized spacial score (nSPS) is 11.3. The average Bonchev–Trinajstić information content (AvgIpc) is 2.29. The molecule has 0 heterocycles. The Labute approximate surface area is 101 Å². The van der Waals surface area contributed by atoms with E-state index >= 15 is 0 Å². The maximum Gasteiger partial charge on any atom is 0.250 e. The molecule has 0 saturated heterocycles. The molecule has 1 rings (SSSR count). The Morgan fingerprint density at radius 1 is 1.50 bits per heavy atom. The van der Waals surface area contributed by atoms with Crippen LogP contribution in [0.2, 0.25) is 0 Å². The summed E-state index contributed by atoms with van der Waals surface area (Å²) in [5.41, 5.74) is 1.61. The van der Waals surface area contributed by atoms with Gasteiger partial charge in [-0.1, -0.05) is 19.1 Å². The van der Waals surface area contributed by atoms with Crippen molar-refractivity contribution in [3.8, 4) is 0 Å². The fraction of sp³-hybridized carbons (Fsp3) is 0.308. The molecular weight excluding hydrogens is 218 g/mol. The van der Waals surface area contributed by atoms with Crippen LogP contribution >= 0.6 is 11.8 Å². The molecule has 1 aromatic rings. The van der Waals surface area contributed by atoms with Gasteiger partial charge in [0.05, 0.1) is 0 Å². The first-order chi connectivity index (χ1) is 7.67. The van der Waals surface area contributed by atoms with Crippen molar-refractivity contribution in [1.29, 1.82) is 0 Å². The van der Waals surface area contributed by atoms with Crippen molar-refractivity contribution in [3.05, 3.63) is 35.9 Å². The van der Waals surface area contributed by atoms with Crippen LogP contribution in [-0.4, -0.2) is 12.2 Å². The summed E-state index contributed by atoms with van der Waals surface area (Å²) >= 11 is 1.66. The number of nitrogens with one attached hydrogen (secondary N) is 1. The molecule has 86 valence electrons. The van der Waals surface area contributed by atoms with Crippen LogP contribution in [0.25, 0.3) is 0 Å². The lowest BCUT2D eigenvalue weighted by Gasteiger charge is -2.06. The molecule has 16 heavy (non-hydrogen) atoms. The van der Waals surface area contributed by atoms with Crippen LogP contribution in [0.1, 0.15) is 20.3 Å². The number of hydrogen-bond acceptors (Lipinski definition) is 2. The van der Waals surface area contributed by atoms with Gasteiger partial charge in [0, 0.05) is 16.2 Å². The molecule has 1 N–H and O–H groups in total. The second-order valence-electron chi connectivity index (χ2n) is 3.48. The first-order valence-corrected chi connectivity index (χ1v) is 6.52. The Hall–Kier alpha value is -1.22. The van der Waals surface area contributed by atoms with Crippen LogP contribution in [0.4, 0.5) is 5.69 Å². The first kappa shape index (κ1) is 12.8. The summed E-state index contributed by atoms with van der Waals surface area (Å²) in [6.07, 6.45) is 4.82. The molecule has 0 aliphatic heterocycles. The monoisotopic (exact) mass is 235 g/mol. The number of thioether (sulfide) groups is 1. The molecular formula is C13H17NOS. The van der Waals surface area contributed by atoms with Crippen LogP contribution in [0.3, 0.4) is 0 Å². The zero-order valence-corrected chi connectivity index (χ0v) is 10.7. The van der Waals surface area contributed by atoms with E-state index < -0.39 is 0 Å². The van der Waals surface area contributed by atoms with Crippen molar-refractivity contribution >= 4 is 23.4 Å². The molecule has 0 radical (unpaired) electrons. The SMILES string of the molecule is CC/C=C(\C)C(=O)Nc1cccc(SC)c1. The maximum atomic E-state index is 11.7. The molecule has 0 atom stereocenters. The third-order valence-corrected chi connectivity index (χ3v) is 2.92. The van der Waals surface area contributed by atoms with Crippen molar-refractivity contribution in [2.75, 3.05) is 11.6 Å². The fourth-order valence-corrected chi connectivity index (χ4v) is 1.79. The number of hydrogen-bond donors (Lipinski definition) is 1. The van der Waals surface area contributed by atoms with Crippen LogP contribution in [-0.2, 0) is 4.79 Å². The molecule has 0 fully saturated rings. The fourth-order valence-electron chi connectivity index (χ4n) is 1.33. The summed E-state index contributed by atoms with van der Waals surface area (Å²) in [5.74, 6) is -0.0277. The average molecular weight is 235 g/mol. The summed E-state index contributed by atoms with van der Waals surface area (Å²) in [7, 11) is 0. The van der Waals surface area contributed by atoms with Gasteiger partial charge in [-0.15, -0.1) is 11.8 Å². The summed E-state index contributed by atoms with van der Waals surface area (Å²) < 4.78 is 0. The number of rotatable bonds is 4. The van der Waals surface area contributed by atoms with Gasteiger partial charge in [-0.05, 0) is 37.8 Å². The molecule has 0 aliphatic rings. The predicted octanol–water partition coefficient (Wildman–Crippen LogP) is 3.70. The van der Waals surface area contributed by atoms with E-state index in [9.17, 15) is 4.79 Å². The van der Waals surface area contributed by atoms with Crippen molar-refractivity contribution < 1.29 is 4.79 Å². The van der Waals surface area contributed by atoms with Gasteiger partial charge < -0.3 is 5.32 Å². The standard InChI is InChI=1S/C13H17NOS/c1-4-6-10(2)13(15)14-11-7-5-8-12(9-11)16-3/h5-9H,4H2,1-3H3,(H,14,15)/b10-6+. The number of allylic oxidation sites excluding steroid dienone is 1. The first-order valence-electron chi connectivity index (χ1n) is 5.29. The topological polar surface area (TPSA) is 29.1 Å². The lowest BCUT2D eigenvalue weighted by Crippen LogP contribution is -2.12. The maximum absolute atomic E-state index is 11.7. The number of carbonyl (C=O) groups is 1. The molecule has 3 heteroatoms. The Kier molecular flexibility index (Phi) is 5.12. The van der Waals surface area contributed by atoms with Crippen LogP contribution in [0.5, 0.6) is 0 Å². The van der Waals surface area contributed by atoms with E-state index in [4.69, 9.17) is 0 Å². The highest BCUT2D eigenvalue weighted by atomic mass is 32.2. The molecule has 2 nitrogen and oxygen atoms in total. The molecule has 0 saturated carbocycles. The minimum Gasteiger partial charge on any atom is -0.322 e. The third-order valence-electron chi connectivity index (χ3n) is 2.20. The van der Waals surface area contributed by atoms with Crippen molar-refractivity contribution in [2.45, 2.75) is 25.2 Å². The molecule has 0 aromatic heterocycles. The van der Waals surface area contributed by atoms with E-state index in [1.54, 1.807) is 11.8 Å². The third kappa shape index (κ3) is 3.74. The number of carbonyl (C=O) groups excluding carboxylic acids is 1. The molecule has 1 amide bonds. The Balaban J connectivity index is 2.73. The van der Waals surface area contributed by atoms with Gasteiger partial charge in [0.25, 0.3) is 5.91 Å². The molecule has 0 spiro atoms. The van der Waals surface area contributed by atoms with E-state index in [1.165, 1.54) is 0 Å². The molecule has 0 bridgehead atoms. The Morgan fingerprint density at radius 2 is 2.25 bits per heavy atom. The predicted molar refractivity (Wildman–Crippen MR) is 70.9 cm³/mol. The van der Waals surface area contributed by atoms with Crippen LogP contribution in [0, 0.1) is 0 Å². The highest BCUT2D eigenvalue weighted by Crippen LogP contribution is 2.19. The van der Waals surface area contributed by atoms with E-state index in [1.807, 2.05) is 50.4 Å². The van der Waals surface area contributed by atoms with Crippen LogP contribution in [0.15, 0.2) is 40.8 Å². The van der Waals surface area contributed by atoms with Gasteiger partial charge in [-0.25, -0.2) is 0 Å². The zero-order valence-electron chi connectivity index (χ0n) is 9.91. The largest absolute Gasteiger partial charge is 0.322 e. The second kappa shape index (κ2) is 6.38. The molecule has 0 aliphatic carbocycles. The van der Waals surface area contributed by atoms with Gasteiger partial charge in [-0.2, -0.15) is 0 Å². The quantitative estimate of drug-likeness (QED) is 0.637. The highest BCUT2D eigenvalue weighted by Gasteiger charge is 2.04. The smallest absolute Gasteiger partial charge is 0.250 e. The van der Waals surface area contributed by atoms with Gasteiger partial charge in [0.1, 0.15) is 0 Å². The Morgan fingerprint density at radius 3 is 2.88 bits per heavy atom. The van der Waals surface area contributed by atoms with Gasteiger partial charge in [-0.3, -0.25) is 4.79 Å². The summed E-state index contributed by atoms with van der Waals surface area (Å²) in [6, 6.07) is 7.84. The van der Waals surface area contributed by atoms with Gasteiger partial charge in [0.15, 0.2) is 0 Å². The van der Waals surface area contributed by atoms with E-state index in [0.717, 1.165) is 22.6 Å². The van der Waals surface area contributed by atoms with Crippen molar-refractivity contribution in [3.63, 3.8) is 0 Å². The van der Waals surface area contributed by atoms with Gasteiger partial charge in [0.2, 0.25) is 0 Å². The second-order valence-corrected chi connectivity index (χ2v) is 4.36. The van der Waals surface area contributed by atoms with E-state index in [-0.39, 0.29) is 5.91 Å². The van der Waals surface area contributed by atoms with Gasteiger partial charge >= 0.3 is 0 Å². The van der Waals surface area contributed by atoms with E-state index in [0.29, 0.717) is 0 Å². The molecule has 0 unspecified atom stereocenters. The lowest BCUT2D eigenvalue weighted by molar-refractivity contribution is -0.112. The summed E-state index contributed by atoms with van der Waals surface area (Å²) in [5, 5.41) is 2.88. The van der Waals surface area contributed by atoms with E-state index in [2.05, 4.69) is 5.32 Å². The van der Waals surface area contributed by atoms with Crippen molar-refractivity contribution in [1.82, 2.24) is 0 Å². The summed E-state index contributed by atoms with van der Waals surface area (Å²) in [4.78, 5) is 12.9. The zero-order chi connectivity index (χ0) is 12.0. The summed E-state index contributed by atoms with van der Waals surface area (Å²) in [6.45, 7) is 3.85. The number of amides is 1. The van der Waals surface area contributed by atoms with Crippen molar-refractivity contribution in [2.24, 2.45) is 0 Å². The molecule has 1 aromatic carbocycles. The van der Waals surface area contributed by atoms with Crippen LogP contribution < -0.4 is 5.32 Å². The Bertz CT molecular complexity index is 399. The number of benzene rings is 1.